The van der Waals surface area contributed by atoms with Crippen LogP contribution >= 0.6 is 0 Å². The van der Waals surface area contributed by atoms with E-state index in [1.165, 1.54) is 244 Å². The number of carbonyl (C=O) groups is 2. The minimum atomic E-state index is -0.845. The molecule has 6 nitrogen and oxygen atoms in total. The molecule has 0 aliphatic carbocycles. The van der Waals surface area contributed by atoms with Crippen molar-refractivity contribution in [1.82, 2.24) is 5.32 Å². The molecule has 0 heterocycles. The van der Waals surface area contributed by atoms with E-state index >= 15 is 0 Å². The predicted molar refractivity (Wildman–Crippen MR) is 292 cm³/mol. The van der Waals surface area contributed by atoms with Crippen molar-refractivity contribution in [2.75, 3.05) is 13.2 Å². The van der Waals surface area contributed by atoms with Crippen LogP contribution in [0.5, 0.6) is 0 Å². The van der Waals surface area contributed by atoms with Gasteiger partial charge in [0.15, 0.2) is 0 Å². The number of unbranched alkanes of at least 4 members (excludes halogenated alkanes) is 40. The maximum Gasteiger partial charge on any atom is 0.305 e. The van der Waals surface area contributed by atoms with Crippen LogP contribution in [0.15, 0.2) is 36.5 Å². The summed E-state index contributed by atoms with van der Waals surface area (Å²) < 4.78 is 5.46. The van der Waals surface area contributed by atoms with Gasteiger partial charge in [0.1, 0.15) is 0 Å². The number of allylic oxidation sites excluding steroid dienone is 5. The molecule has 2 atom stereocenters. The van der Waals surface area contributed by atoms with Crippen LogP contribution in [0.3, 0.4) is 0 Å². The molecular formula is C61H115NO5. The summed E-state index contributed by atoms with van der Waals surface area (Å²) in [5.41, 5.74) is 0. The third-order valence-electron chi connectivity index (χ3n) is 13.6. The average molecular weight is 943 g/mol. The summed E-state index contributed by atoms with van der Waals surface area (Å²) in [7, 11) is 0. The van der Waals surface area contributed by atoms with Crippen LogP contribution in [0.25, 0.3) is 0 Å². The Labute approximate surface area is 417 Å². The van der Waals surface area contributed by atoms with Crippen molar-refractivity contribution in [3.63, 3.8) is 0 Å². The smallest absolute Gasteiger partial charge is 0.305 e. The molecule has 1 amide bonds. The number of ether oxygens (including phenoxy) is 1. The fourth-order valence-corrected chi connectivity index (χ4v) is 9.03. The van der Waals surface area contributed by atoms with E-state index in [1.54, 1.807) is 6.08 Å². The summed E-state index contributed by atoms with van der Waals surface area (Å²) in [6, 6.07) is -0.629. The normalized spacial score (nSPS) is 12.8. The first-order valence-corrected chi connectivity index (χ1v) is 29.8. The topological polar surface area (TPSA) is 95.9 Å². The summed E-state index contributed by atoms with van der Waals surface area (Å²) in [4.78, 5) is 24.4. The van der Waals surface area contributed by atoms with E-state index in [9.17, 15) is 19.8 Å². The number of nitrogens with one attached hydrogen (secondary N) is 1. The lowest BCUT2D eigenvalue weighted by Gasteiger charge is -2.20. The van der Waals surface area contributed by atoms with Crippen molar-refractivity contribution in [1.29, 1.82) is 0 Å². The number of hydrogen-bond acceptors (Lipinski definition) is 5. The Hall–Kier alpha value is -1.92. The highest BCUT2D eigenvalue weighted by atomic mass is 16.5. The Kier molecular flexibility index (Phi) is 55.0. The lowest BCUT2D eigenvalue weighted by atomic mass is 10.0. The van der Waals surface area contributed by atoms with E-state index in [0.717, 1.165) is 44.9 Å². The first-order chi connectivity index (χ1) is 33.0. The molecule has 0 fully saturated rings. The standard InChI is InChI=1S/C61H115NO5/c1-3-5-7-9-11-13-15-30-33-37-41-45-49-53-59(64)58(57-63)62-60(65)54-50-46-42-38-34-31-28-26-24-22-20-18-17-19-21-23-25-27-29-32-36-40-44-48-52-56-67-61(66)55-51-47-43-39-35-16-14-12-10-8-6-4-2/h12,14,18,20,49,53,58-59,63-64H,3-11,13,15-17,19,21-48,50-52,54-57H2,1-2H3,(H,62,65)/b14-12-,20-18-,53-49+. The second-order valence-electron chi connectivity index (χ2n) is 20.3. The van der Waals surface area contributed by atoms with Crippen LogP contribution in [0.4, 0.5) is 0 Å². The van der Waals surface area contributed by atoms with Gasteiger partial charge in [0.05, 0.1) is 25.4 Å². The number of amides is 1. The Balaban J connectivity index is 3.42. The molecule has 0 aromatic rings. The zero-order valence-electron chi connectivity index (χ0n) is 44.9. The lowest BCUT2D eigenvalue weighted by molar-refractivity contribution is -0.143. The van der Waals surface area contributed by atoms with Gasteiger partial charge in [-0.3, -0.25) is 9.59 Å². The van der Waals surface area contributed by atoms with Gasteiger partial charge in [-0.1, -0.05) is 256 Å². The molecule has 0 spiro atoms. The average Bonchev–Trinajstić information content (AvgIpc) is 3.33. The maximum absolute atomic E-state index is 12.4. The van der Waals surface area contributed by atoms with Gasteiger partial charge in [-0.25, -0.2) is 0 Å². The highest BCUT2D eigenvalue weighted by Gasteiger charge is 2.18. The number of hydrogen-bond donors (Lipinski definition) is 3. The van der Waals surface area contributed by atoms with Gasteiger partial charge in [0, 0.05) is 12.8 Å². The quantitative estimate of drug-likeness (QED) is 0.0321. The van der Waals surface area contributed by atoms with Crippen LogP contribution in [-0.4, -0.2) is 47.4 Å². The van der Waals surface area contributed by atoms with Crippen molar-refractivity contribution in [3.8, 4) is 0 Å². The molecule has 67 heavy (non-hydrogen) atoms. The first kappa shape index (κ1) is 65.1. The molecule has 0 bridgehead atoms. The highest BCUT2D eigenvalue weighted by Crippen LogP contribution is 2.16. The Morgan fingerprint density at radius 3 is 1.09 bits per heavy atom. The molecule has 3 N–H and O–H groups in total. The van der Waals surface area contributed by atoms with Gasteiger partial charge in [-0.05, 0) is 83.5 Å². The molecular weight excluding hydrogens is 827 g/mol. The lowest BCUT2D eigenvalue weighted by Crippen LogP contribution is -2.45. The second kappa shape index (κ2) is 56.7. The van der Waals surface area contributed by atoms with Gasteiger partial charge < -0.3 is 20.3 Å². The van der Waals surface area contributed by atoms with Gasteiger partial charge >= 0.3 is 5.97 Å². The van der Waals surface area contributed by atoms with Gasteiger partial charge in [0.25, 0.3) is 0 Å². The highest BCUT2D eigenvalue weighted by molar-refractivity contribution is 5.76. The van der Waals surface area contributed by atoms with E-state index < -0.39 is 12.1 Å². The summed E-state index contributed by atoms with van der Waals surface area (Å²) in [5.74, 6) is -0.0685. The van der Waals surface area contributed by atoms with Crippen LogP contribution in [0, 0.1) is 0 Å². The van der Waals surface area contributed by atoms with E-state index in [2.05, 4.69) is 43.5 Å². The van der Waals surface area contributed by atoms with Gasteiger partial charge in [-0.2, -0.15) is 0 Å². The minimum Gasteiger partial charge on any atom is -0.466 e. The SMILES string of the molecule is CCCCC/C=C\CCCCCCCC(=O)OCCCCCCCCCCCCCC/C=C\CCCCCCCCCCCC(=O)NC(CO)C(O)/C=C/CCCCCCCCCCCCC. The fourth-order valence-electron chi connectivity index (χ4n) is 9.03. The number of esters is 1. The summed E-state index contributed by atoms with van der Waals surface area (Å²) in [6.07, 6.45) is 70.4. The molecule has 394 valence electrons. The Bertz CT molecular complexity index is 1090. The molecule has 0 aliphatic rings. The molecule has 0 aliphatic heterocycles. The summed E-state index contributed by atoms with van der Waals surface area (Å²) in [6.45, 7) is 4.88. The maximum atomic E-state index is 12.4. The number of rotatable bonds is 55. The van der Waals surface area contributed by atoms with E-state index in [-0.39, 0.29) is 18.5 Å². The van der Waals surface area contributed by atoms with Crippen LogP contribution < -0.4 is 5.32 Å². The van der Waals surface area contributed by atoms with E-state index in [1.807, 2.05) is 6.08 Å². The first-order valence-electron chi connectivity index (χ1n) is 29.8. The zero-order chi connectivity index (χ0) is 48.6. The van der Waals surface area contributed by atoms with Crippen molar-refractivity contribution in [2.24, 2.45) is 0 Å². The molecule has 6 heteroatoms. The van der Waals surface area contributed by atoms with Crippen LogP contribution in [0.2, 0.25) is 0 Å². The van der Waals surface area contributed by atoms with E-state index in [4.69, 9.17) is 4.74 Å². The van der Waals surface area contributed by atoms with Crippen molar-refractivity contribution in [3.05, 3.63) is 36.5 Å². The van der Waals surface area contributed by atoms with E-state index in [0.29, 0.717) is 19.4 Å². The largest absolute Gasteiger partial charge is 0.466 e. The predicted octanol–water partition coefficient (Wildman–Crippen LogP) is 18.4. The third-order valence-corrected chi connectivity index (χ3v) is 13.6. The van der Waals surface area contributed by atoms with Crippen LogP contribution in [-0.2, 0) is 14.3 Å². The van der Waals surface area contributed by atoms with Crippen molar-refractivity contribution >= 4 is 11.9 Å². The molecule has 0 saturated heterocycles. The monoisotopic (exact) mass is 942 g/mol. The molecule has 0 aromatic heterocycles. The third kappa shape index (κ3) is 53.3. The Morgan fingerprint density at radius 1 is 0.403 bits per heavy atom. The number of aliphatic hydroxyl groups excluding tert-OH is 2. The van der Waals surface area contributed by atoms with Crippen molar-refractivity contribution in [2.45, 2.75) is 328 Å². The summed E-state index contributed by atoms with van der Waals surface area (Å²) >= 11 is 0. The summed E-state index contributed by atoms with van der Waals surface area (Å²) in [5, 5.41) is 23.1. The van der Waals surface area contributed by atoms with Crippen LogP contribution in [0.1, 0.15) is 316 Å². The molecule has 0 aromatic carbocycles. The Morgan fingerprint density at radius 2 is 0.701 bits per heavy atom. The number of carbonyl (C=O) groups excluding carboxylic acids is 2. The molecule has 2 unspecified atom stereocenters. The van der Waals surface area contributed by atoms with Crippen molar-refractivity contribution < 1.29 is 24.5 Å². The van der Waals surface area contributed by atoms with Gasteiger partial charge in [0.2, 0.25) is 5.91 Å². The molecule has 0 radical (unpaired) electrons. The minimum absolute atomic E-state index is 0.00260. The molecule has 0 rings (SSSR count). The molecule has 0 saturated carbocycles. The number of aliphatic hydroxyl groups is 2. The zero-order valence-corrected chi connectivity index (χ0v) is 44.9. The van der Waals surface area contributed by atoms with Gasteiger partial charge in [-0.15, -0.1) is 0 Å². The fraction of sp³-hybridized carbons (Fsp3) is 0.869. The second-order valence-corrected chi connectivity index (χ2v) is 20.3.